The van der Waals surface area contributed by atoms with Crippen LogP contribution in [0.2, 0.25) is 0 Å². The number of anilines is 1. The van der Waals surface area contributed by atoms with Gasteiger partial charge in [0.1, 0.15) is 5.60 Å². The van der Waals surface area contributed by atoms with Crippen LogP contribution in [-0.2, 0) is 11.8 Å². The summed E-state index contributed by atoms with van der Waals surface area (Å²) in [5.41, 5.74) is -0.429. The normalized spacial score (nSPS) is 25.4. The summed E-state index contributed by atoms with van der Waals surface area (Å²) in [4.78, 5) is 16.3. The van der Waals surface area contributed by atoms with Crippen LogP contribution in [0, 0.1) is 0 Å². The SMILES string of the molecule is Cn1ccc(N2CC3CC(C2)N3C(=O)OC(C)(C)C)n1. The predicted molar refractivity (Wildman–Crippen MR) is 75.7 cm³/mol. The Bertz CT molecular complexity index is 507. The first kappa shape index (κ1) is 13.3. The average Bonchev–Trinajstić information content (AvgIpc) is 2.73. The second-order valence-electron chi connectivity index (χ2n) is 6.68. The van der Waals surface area contributed by atoms with Gasteiger partial charge in [-0.2, -0.15) is 5.10 Å². The third-order valence-electron chi connectivity index (χ3n) is 3.82. The summed E-state index contributed by atoms with van der Waals surface area (Å²) in [7, 11) is 1.92. The molecule has 0 aliphatic carbocycles. The molecule has 2 atom stereocenters. The van der Waals surface area contributed by atoms with Gasteiger partial charge in [-0.15, -0.1) is 0 Å². The van der Waals surface area contributed by atoms with E-state index in [9.17, 15) is 4.79 Å². The zero-order chi connectivity index (χ0) is 14.5. The highest BCUT2D eigenvalue weighted by atomic mass is 16.6. The van der Waals surface area contributed by atoms with Crippen molar-refractivity contribution in [3.63, 3.8) is 0 Å². The predicted octanol–water partition coefficient (Wildman–Crippen LogP) is 1.62. The lowest BCUT2D eigenvalue weighted by Gasteiger charge is -2.55. The van der Waals surface area contributed by atoms with Crippen molar-refractivity contribution in [3.8, 4) is 0 Å². The van der Waals surface area contributed by atoms with Crippen LogP contribution < -0.4 is 4.90 Å². The number of carbonyl (C=O) groups excluding carboxylic acids is 1. The summed E-state index contributed by atoms with van der Waals surface area (Å²) >= 11 is 0. The number of aromatic nitrogens is 2. The molecule has 0 radical (unpaired) electrons. The van der Waals surface area contributed by atoms with Crippen LogP contribution in [0.5, 0.6) is 0 Å². The van der Waals surface area contributed by atoms with Gasteiger partial charge in [-0.25, -0.2) is 4.79 Å². The van der Waals surface area contributed by atoms with E-state index in [0.717, 1.165) is 25.3 Å². The van der Waals surface area contributed by atoms with Crippen LogP contribution in [0.25, 0.3) is 0 Å². The average molecular weight is 278 g/mol. The Labute approximate surface area is 119 Å². The summed E-state index contributed by atoms with van der Waals surface area (Å²) in [6, 6.07) is 2.53. The molecule has 2 unspecified atom stereocenters. The fraction of sp³-hybridized carbons (Fsp3) is 0.714. The van der Waals surface area contributed by atoms with Crippen molar-refractivity contribution in [2.24, 2.45) is 7.05 Å². The quantitative estimate of drug-likeness (QED) is 0.783. The molecule has 1 amide bonds. The van der Waals surface area contributed by atoms with E-state index in [1.54, 1.807) is 4.68 Å². The molecule has 1 aromatic heterocycles. The maximum absolute atomic E-state index is 12.2. The van der Waals surface area contributed by atoms with Crippen molar-refractivity contribution in [1.29, 1.82) is 0 Å². The number of hydrogen-bond donors (Lipinski definition) is 0. The Morgan fingerprint density at radius 2 is 2.00 bits per heavy atom. The van der Waals surface area contributed by atoms with Gasteiger partial charge in [0.2, 0.25) is 0 Å². The molecule has 4 heterocycles. The van der Waals surface area contributed by atoms with E-state index in [-0.39, 0.29) is 18.2 Å². The number of fused-ring (bicyclic) bond motifs is 2. The summed E-state index contributed by atoms with van der Waals surface area (Å²) in [5.74, 6) is 0.992. The number of nitrogens with zero attached hydrogens (tertiary/aromatic N) is 4. The largest absolute Gasteiger partial charge is 0.444 e. The van der Waals surface area contributed by atoms with Crippen molar-refractivity contribution >= 4 is 11.9 Å². The van der Waals surface area contributed by atoms with Crippen LogP contribution in [0.15, 0.2) is 12.3 Å². The van der Waals surface area contributed by atoms with Crippen molar-refractivity contribution in [3.05, 3.63) is 12.3 Å². The van der Waals surface area contributed by atoms with E-state index in [1.807, 2.05) is 45.0 Å². The van der Waals surface area contributed by atoms with Gasteiger partial charge in [-0.1, -0.05) is 0 Å². The maximum Gasteiger partial charge on any atom is 0.410 e. The zero-order valence-electron chi connectivity index (χ0n) is 12.5. The summed E-state index contributed by atoms with van der Waals surface area (Å²) < 4.78 is 7.28. The fourth-order valence-electron chi connectivity index (χ4n) is 2.98. The topological polar surface area (TPSA) is 50.6 Å². The Kier molecular flexibility index (Phi) is 2.92. The summed E-state index contributed by atoms with van der Waals surface area (Å²) in [6.07, 6.45) is 2.84. The molecular weight excluding hydrogens is 256 g/mol. The number of carbonyl (C=O) groups is 1. The van der Waals surface area contributed by atoms with Gasteiger partial charge in [0.15, 0.2) is 5.82 Å². The van der Waals surface area contributed by atoms with Crippen molar-refractivity contribution in [2.45, 2.75) is 44.9 Å². The minimum atomic E-state index is -0.429. The molecule has 0 spiro atoms. The second-order valence-corrected chi connectivity index (χ2v) is 6.68. The van der Waals surface area contributed by atoms with Crippen LogP contribution in [0.4, 0.5) is 10.6 Å². The number of amides is 1. The minimum absolute atomic E-state index is 0.181. The molecule has 110 valence electrons. The Balaban J connectivity index is 1.64. The molecule has 3 fully saturated rings. The third kappa shape index (κ3) is 2.34. The molecule has 6 nitrogen and oxygen atoms in total. The highest BCUT2D eigenvalue weighted by molar-refractivity contribution is 5.71. The summed E-state index contributed by atoms with van der Waals surface area (Å²) in [5, 5.41) is 4.43. The molecule has 6 heteroatoms. The van der Waals surface area contributed by atoms with Crippen LogP contribution in [-0.4, -0.2) is 51.5 Å². The van der Waals surface area contributed by atoms with Crippen molar-refractivity contribution < 1.29 is 9.53 Å². The smallest absolute Gasteiger partial charge is 0.410 e. The summed E-state index contributed by atoms with van der Waals surface area (Å²) in [6.45, 7) is 7.39. The zero-order valence-corrected chi connectivity index (χ0v) is 12.5. The fourth-order valence-corrected chi connectivity index (χ4v) is 2.98. The third-order valence-corrected chi connectivity index (χ3v) is 3.82. The lowest BCUT2D eigenvalue weighted by Crippen LogP contribution is -2.70. The number of aryl methyl sites for hydroxylation is 1. The van der Waals surface area contributed by atoms with E-state index in [0.29, 0.717) is 0 Å². The monoisotopic (exact) mass is 278 g/mol. The van der Waals surface area contributed by atoms with E-state index in [1.165, 1.54) is 0 Å². The van der Waals surface area contributed by atoms with Gasteiger partial charge >= 0.3 is 6.09 Å². The lowest BCUT2D eigenvalue weighted by molar-refractivity contribution is -0.0380. The number of rotatable bonds is 1. The molecule has 0 saturated carbocycles. The van der Waals surface area contributed by atoms with Gasteiger partial charge < -0.3 is 9.64 Å². The molecule has 0 N–H and O–H groups in total. The first-order valence-electron chi connectivity index (χ1n) is 7.09. The van der Waals surface area contributed by atoms with E-state index >= 15 is 0 Å². The molecule has 0 aromatic carbocycles. The first-order valence-corrected chi connectivity index (χ1v) is 7.09. The molecule has 3 saturated heterocycles. The molecule has 2 bridgehead atoms. The maximum atomic E-state index is 12.2. The molecule has 3 aliphatic rings. The van der Waals surface area contributed by atoms with Crippen molar-refractivity contribution in [2.75, 3.05) is 18.0 Å². The molecular formula is C14H22N4O2. The number of ether oxygens (including phenoxy) is 1. The van der Waals surface area contributed by atoms with Crippen LogP contribution in [0.1, 0.15) is 27.2 Å². The van der Waals surface area contributed by atoms with E-state index in [4.69, 9.17) is 4.74 Å². The number of piperidine rings is 1. The highest BCUT2D eigenvalue weighted by Gasteiger charge is 2.49. The van der Waals surface area contributed by atoms with Gasteiger partial charge in [0.05, 0.1) is 12.1 Å². The molecule has 3 aliphatic heterocycles. The first-order chi connectivity index (χ1) is 9.33. The number of hydrogen-bond acceptors (Lipinski definition) is 4. The Morgan fingerprint density at radius 3 is 2.50 bits per heavy atom. The standard InChI is InChI=1S/C14H22N4O2/c1-14(2,3)20-13(19)18-10-7-11(18)9-17(8-10)12-5-6-16(4)15-12/h5-6,10-11H,7-9H2,1-4H3. The van der Waals surface area contributed by atoms with E-state index in [2.05, 4.69) is 10.00 Å². The van der Waals surface area contributed by atoms with Gasteiger partial charge in [0.25, 0.3) is 0 Å². The van der Waals surface area contributed by atoms with Crippen LogP contribution in [0.3, 0.4) is 0 Å². The Hall–Kier alpha value is -1.72. The number of piperazine rings is 1. The van der Waals surface area contributed by atoms with Crippen molar-refractivity contribution in [1.82, 2.24) is 14.7 Å². The molecule has 1 aromatic rings. The lowest BCUT2D eigenvalue weighted by atomic mass is 9.88. The Morgan fingerprint density at radius 1 is 1.35 bits per heavy atom. The van der Waals surface area contributed by atoms with Gasteiger partial charge in [-0.3, -0.25) is 9.58 Å². The van der Waals surface area contributed by atoms with Gasteiger partial charge in [-0.05, 0) is 27.2 Å². The minimum Gasteiger partial charge on any atom is -0.444 e. The highest BCUT2D eigenvalue weighted by Crippen LogP contribution is 2.35. The molecule has 20 heavy (non-hydrogen) atoms. The second kappa shape index (κ2) is 4.40. The van der Waals surface area contributed by atoms with E-state index < -0.39 is 5.60 Å². The molecule has 4 rings (SSSR count). The van der Waals surface area contributed by atoms with Crippen LogP contribution >= 0.6 is 0 Å². The van der Waals surface area contributed by atoms with Gasteiger partial charge in [0, 0.05) is 32.4 Å².